The Morgan fingerprint density at radius 3 is 2.62 bits per heavy atom. The first-order valence-corrected chi connectivity index (χ1v) is 8.28. The first kappa shape index (κ1) is 17.8. The van der Waals surface area contributed by atoms with Crippen molar-refractivity contribution in [3.05, 3.63) is 71.0 Å². The van der Waals surface area contributed by atoms with Gasteiger partial charge in [-0.2, -0.15) is 5.10 Å². The molecule has 7 heteroatoms. The highest BCUT2D eigenvalue weighted by Crippen LogP contribution is 2.24. The number of amides is 1. The van der Waals surface area contributed by atoms with Crippen LogP contribution in [-0.2, 0) is 6.54 Å². The number of hydrogen-bond acceptors (Lipinski definition) is 4. The van der Waals surface area contributed by atoms with E-state index in [1.54, 1.807) is 43.3 Å². The van der Waals surface area contributed by atoms with Gasteiger partial charge in [0.25, 0.3) is 5.91 Å². The van der Waals surface area contributed by atoms with Gasteiger partial charge in [-0.1, -0.05) is 11.6 Å². The Balaban J connectivity index is 1.68. The molecule has 1 N–H and O–H groups in total. The summed E-state index contributed by atoms with van der Waals surface area (Å²) in [6.07, 6.45) is 3.19. The van der Waals surface area contributed by atoms with Crippen molar-refractivity contribution in [1.29, 1.82) is 0 Å². The van der Waals surface area contributed by atoms with E-state index >= 15 is 0 Å². The third kappa shape index (κ3) is 3.97. The fourth-order valence-corrected chi connectivity index (χ4v) is 2.58. The molecule has 134 valence electrons. The molecule has 1 heterocycles. The van der Waals surface area contributed by atoms with Crippen LogP contribution >= 0.6 is 11.6 Å². The molecule has 0 fully saturated rings. The van der Waals surface area contributed by atoms with Crippen molar-refractivity contribution < 1.29 is 14.3 Å². The van der Waals surface area contributed by atoms with Crippen molar-refractivity contribution in [3.63, 3.8) is 0 Å². The molecule has 3 rings (SSSR count). The molecule has 26 heavy (non-hydrogen) atoms. The quantitative estimate of drug-likeness (QED) is 0.720. The SMILES string of the molecule is COc1ccc(CNC(=O)c2cnn(-c3ccc(Cl)cc3)c2)c(OC)c1. The van der Waals surface area contributed by atoms with E-state index in [0.717, 1.165) is 11.3 Å². The number of halogens is 1. The second-order valence-corrected chi connectivity index (χ2v) is 5.95. The Kier molecular flexibility index (Phi) is 5.43. The van der Waals surface area contributed by atoms with Crippen LogP contribution in [0.2, 0.25) is 5.02 Å². The standard InChI is InChI=1S/C19H18ClN3O3/c1-25-17-8-3-13(18(9-17)26-2)10-21-19(24)14-11-22-23(12-14)16-6-4-15(20)5-7-16/h3-9,11-12H,10H2,1-2H3,(H,21,24). The van der Waals surface area contributed by atoms with Gasteiger partial charge in [0, 0.05) is 29.4 Å². The highest BCUT2D eigenvalue weighted by molar-refractivity contribution is 6.30. The van der Waals surface area contributed by atoms with Crippen LogP contribution in [0.5, 0.6) is 11.5 Å². The van der Waals surface area contributed by atoms with E-state index in [1.807, 2.05) is 24.3 Å². The highest BCUT2D eigenvalue weighted by atomic mass is 35.5. The molecule has 0 spiro atoms. The Labute approximate surface area is 156 Å². The van der Waals surface area contributed by atoms with E-state index < -0.39 is 0 Å². The van der Waals surface area contributed by atoms with Gasteiger partial charge in [0.2, 0.25) is 0 Å². The Morgan fingerprint density at radius 2 is 1.92 bits per heavy atom. The minimum absolute atomic E-state index is 0.219. The van der Waals surface area contributed by atoms with Crippen LogP contribution in [0.15, 0.2) is 54.9 Å². The van der Waals surface area contributed by atoms with Gasteiger partial charge in [-0.05, 0) is 36.4 Å². The number of nitrogens with one attached hydrogen (secondary N) is 1. The largest absolute Gasteiger partial charge is 0.497 e. The van der Waals surface area contributed by atoms with Gasteiger partial charge < -0.3 is 14.8 Å². The van der Waals surface area contributed by atoms with Gasteiger partial charge in [0.1, 0.15) is 11.5 Å². The van der Waals surface area contributed by atoms with Crippen molar-refractivity contribution in [2.75, 3.05) is 14.2 Å². The predicted octanol–water partition coefficient (Wildman–Crippen LogP) is 3.47. The van der Waals surface area contributed by atoms with E-state index in [9.17, 15) is 4.79 Å². The minimum atomic E-state index is -0.219. The molecule has 0 saturated carbocycles. The number of rotatable bonds is 6. The Morgan fingerprint density at radius 1 is 1.15 bits per heavy atom. The second-order valence-electron chi connectivity index (χ2n) is 5.51. The van der Waals surface area contributed by atoms with Gasteiger partial charge in [-0.15, -0.1) is 0 Å². The molecule has 1 amide bonds. The molecule has 0 radical (unpaired) electrons. The third-order valence-corrected chi connectivity index (χ3v) is 4.12. The summed E-state index contributed by atoms with van der Waals surface area (Å²) in [7, 11) is 3.17. The van der Waals surface area contributed by atoms with E-state index in [2.05, 4.69) is 10.4 Å². The van der Waals surface area contributed by atoms with Crippen LogP contribution in [0.3, 0.4) is 0 Å². The highest BCUT2D eigenvalue weighted by Gasteiger charge is 2.11. The smallest absolute Gasteiger partial charge is 0.254 e. The lowest BCUT2D eigenvalue weighted by Gasteiger charge is -2.11. The summed E-state index contributed by atoms with van der Waals surface area (Å²) in [4.78, 5) is 12.4. The van der Waals surface area contributed by atoms with Crippen molar-refractivity contribution in [2.24, 2.45) is 0 Å². The number of benzene rings is 2. The number of nitrogens with zero attached hydrogens (tertiary/aromatic N) is 2. The average Bonchev–Trinajstić information content (AvgIpc) is 3.16. The van der Waals surface area contributed by atoms with E-state index in [-0.39, 0.29) is 5.91 Å². The van der Waals surface area contributed by atoms with Gasteiger partial charge >= 0.3 is 0 Å². The summed E-state index contributed by atoms with van der Waals surface area (Å²) in [6, 6.07) is 12.7. The zero-order chi connectivity index (χ0) is 18.5. The molecule has 0 saturated heterocycles. The summed E-state index contributed by atoms with van der Waals surface area (Å²) in [6.45, 7) is 0.331. The fraction of sp³-hybridized carbons (Fsp3) is 0.158. The summed E-state index contributed by atoms with van der Waals surface area (Å²) in [5, 5.41) is 7.73. The lowest BCUT2D eigenvalue weighted by atomic mass is 10.2. The maximum Gasteiger partial charge on any atom is 0.254 e. The Bertz CT molecular complexity index is 907. The molecule has 0 atom stereocenters. The molecule has 6 nitrogen and oxygen atoms in total. The third-order valence-electron chi connectivity index (χ3n) is 3.87. The predicted molar refractivity (Wildman–Crippen MR) is 99.3 cm³/mol. The van der Waals surface area contributed by atoms with Crippen LogP contribution in [0.1, 0.15) is 15.9 Å². The first-order valence-electron chi connectivity index (χ1n) is 7.90. The summed E-state index contributed by atoms with van der Waals surface area (Å²) < 4.78 is 12.1. The summed E-state index contributed by atoms with van der Waals surface area (Å²) in [5.41, 5.74) is 2.14. The summed E-state index contributed by atoms with van der Waals surface area (Å²) in [5.74, 6) is 1.13. The lowest BCUT2D eigenvalue weighted by molar-refractivity contribution is 0.0950. The van der Waals surface area contributed by atoms with Crippen molar-refractivity contribution >= 4 is 17.5 Å². The zero-order valence-corrected chi connectivity index (χ0v) is 15.2. The van der Waals surface area contributed by atoms with Crippen molar-refractivity contribution in [2.45, 2.75) is 6.54 Å². The number of methoxy groups -OCH3 is 2. The van der Waals surface area contributed by atoms with E-state index in [1.165, 1.54) is 6.20 Å². The molecule has 2 aromatic carbocycles. The van der Waals surface area contributed by atoms with Gasteiger partial charge in [0.15, 0.2) is 0 Å². The average molecular weight is 372 g/mol. The number of carbonyl (C=O) groups excluding carboxylic acids is 1. The van der Waals surface area contributed by atoms with Crippen LogP contribution in [0.4, 0.5) is 0 Å². The molecule has 0 bridgehead atoms. The maximum absolute atomic E-state index is 12.4. The van der Waals surface area contributed by atoms with Crippen LogP contribution in [-0.4, -0.2) is 29.9 Å². The normalized spacial score (nSPS) is 10.4. The minimum Gasteiger partial charge on any atom is -0.497 e. The number of aromatic nitrogens is 2. The molecule has 0 aliphatic heterocycles. The van der Waals surface area contributed by atoms with Crippen molar-refractivity contribution in [1.82, 2.24) is 15.1 Å². The van der Waals surface area contributed by atoms with Gasteiger partial charge in [-0.25, -0.2) is 4.68 Å². The molecular weight excluding hydrogens is 354 g/mol. The number of carbonyl (C=O) groups is 1. The molecule has 0 aliphatic carbocycles. The van der Waals surface area contributed by atoms with Crippen LogP contribution < -0.4 is 14.8 Å². The number of ether oxygens (including phenoxy) is 2. The molecule has 3 aromatic rings. The topological polar surface area (TPSA) is 65.4 Å². The summed E-state index contributed by atoms with van der Waals surface area (Å²) >= 11 is 5.89. The number of hydrogen-bond donors (Lipinski definition) is 1. The fourth-order valence-electron chi connectivity index (χ4n) is 2.45. The molecule has 1 aromatic heterocycles. The first-order chi connectivity index (χ1) is 12.6. The molecule has 0 aliphatic rings. The molecular formula is C19H18ClN3O3. The monoisotopic (exact) mass is 371 g/mol. The molecule has 0 unspecified atom stereocenters. The van der Waals surface area contributed by atoms with Gasteiger partial charge in [0.05, 0.1) is 31.7 Å². The van der Waals surface area contributed by atoms with E-state index in [0.29, 0.717) is 28.6 Å². The Hall–Kier alpha value is -2.99. The van der Waals surface area contributed by atoms with Gasteiger partial charge in [-0.3, -0.25) is 4.79 Å². The zero-order valence-electron chi connectivity index (χ0n) is 14.4. The lowest BCUT2D eigenvalue weighted by Crippen LogP contribution is -2.22. The second kappa shape index (κ2) is 7.93. The van der Waals surface area contributed by atoms with Crippen molar-refractivity contribution in [3.8, 4) is 17.2 Å². The van der Waals surface area contributed by atoms with E-state index in [4.69, 9.17) is 21.1 Å². The van der Waals surface area contributed by atoms with Crippen LogP contribution in [0.25, 0.3) is 5.69 Å². The maximum atomic E-state index is 12.4. The van der Waals surface area contributed by atoms with Crippen LogP contribution in [0, 0.1) is 0 Å².